The summed E-state index contributed by atoms with van der Waals surface area (Å²) in [6.45, 7) is 0.277. The molecule has 0 N–H and O–H groups in total. The summed E-state index contributed by atoms with van der Waals surface area (Å²) in [4.78, 5) is 12.8. The van der Waals surface area contributed by atoms with Crippen LogP contribution in [0, 0.1) is 0 Å². The lowest BCUT2D eigenvalue weighted by Crippen LogP contribution is -2.43. The Morgan fingerprint density at radius 3 is 2.45 bits per heavy atom. The predicted molar refractivity (Wildman–Crippen MR) is 74.1 cm³/mol. The van der Waals surface area contributed by atoms with E-state index in [1.54, 1.807) is 0 Å². The molecule has 0 aliphatic rings. The summed E-state index contributed by atoms with van der Waals surface area (Å²) in [7, 11) is -3.67. The van der Waals surface area contributed by atoms with E-state index in [9.17, 15) is 22.0 Å². The van der Waals surface area contributed by atoms with Crippen LogP contribution < -0.4 is 4.90 Å². The van der Waals surface area contributed by atoms with Crippen LogP contribution in [-0.4, -0.2) is 38.8 Å². The van der Waals surface area contributed by atoms with Crippen LogP contribution in [0.15, 0.2) is 24.3 Å². The predicted octanol–water partition coefficient (Wildman–Crippen LogP) is 2.37. The first-order valence-corrected chi connectivity index (χ1v) is 8.00. The van der Waals surface area contributed by atoms with Gasteiger partial charge in [-0.1, -0.05) is 17.7 Å². The fraction of sp³-hybridized carbons (Fsp3) is 0.417. The van der Waals surface area contributed by atoms with Gasteiger partial charge in [0.2, 0.25) is 5.91 Å². The number of anilines is 1. The molecule has 1 unspecified atom stereocenters. The normalized spacial score (nSPS) is 13.3. The van der Waals surface area contributed by atoms with E-state index in [2.05, 4.69) is 0 Å². The van der Waals surface area contributed by atoms with E-state index in [1.165, 1.54) is 31.2 Å². The Balaban J connectivity index is 3.16. The van der Waals surface area contributed by atoms with E-state index >= 15 is 0 Å². The minimum Gasteiger partial charge on any atom is -0.306 e. The molecule has 0 heterocycles. The molecule has 0 radical (unpaired) electrons. The van der Waals surface area contributed by atoms with Gasteiger partial charge >= 0.3 is 0 Å². The smallest absolute Gasteiger partial charge is 0.256 e. The van der Waals surface area contributed by atoms with E-state index in [0.29, 0.717) is 0 Å². The molecule has 20 heavy (non-hydrogen) atoms. The maximum absolute atomic E-state index is 12.6. The number of carbonyl (C=O) groups excluding carboxylic acids is 1. The number of hydrogen-bond acceptors (Lipinski definition) is 3. The van der Waals surface area contributed by atoms with Crippen molar-refractivity contribution >= 4 is 33.0 Å². The zero-order valence-electron chi connectivity index (χ0n) is 10.9. The third-order valence-electron chi connectivity index (χ3n) is 2.70. The highest BCUT2D eigenvalue weighted by molar-refractivity contribution is 7.92. The molecule has 0 spiro atoms. The molecule has 1 rings (SSSR count). The molecule has 1 aromatic rings. The Hall–Kier alpha value is -1.21. The number of benzene rings is 1. The van der Waals surface area contributed by atoms with Crippen LogP contribution in [-0.2, 0) is 14.6 Å². The summed E-state index contributed by atoms with van der Waals surface area (Å²) in [6, 6.07) is 5.77. The van der Waals surface area contributed by atoms with Crippen molar-refractivity contribution in [1.82, 2.24) is 0 Å². The fourth-order valence-electron chi connectivity index (χ4n) is 1.51. The van der Waals surface area contributed by atoms with E-state index in [1.807, 2.05) is 0 Å². The van der Waals surface area contributed by atoms with Crippen LogP contribution in [0.4, 0.5) is 14.5 Å². The number of hydrogen-bond donors (Lipinski definition) is 0. The van der Waals surface area contributed by atoms with Gasteiger partial charge in [0.15, 0.2) is 9.84 Å². The lowest BCUT2D eigenvalue weighted by Gasteiger charge is -2.25. The summed E-state index contributed by atoms with van der Waals surface area (Å²) in [6.07, 6.45) is -1.90. The van der Waals surface area contributed by atoms with Crippen LogP contribution in [0.5, 0.6) is 0 Å². The van der Waals surface area contributed by atoms with E-state index in [4.69, 9.17) is 11.6 Å². The van der Waals surface area contributed by atoms with Gasteiger partial charge in [-0.05, 0) is 25.1 Å². The third-order valence-corrected chi connectivity index (χ3v) is 4.42. The zero-order valence-corrected chi connectivity index (χ0v) is 12.5. The maximum Gasteiger partial charge on any atom is 0.256 e. The summed E-state index contributed by atoms with van der Waals surface area (Å²) in [5, 5.41) is -1.14. The molecule has 0 saturated heterocycles. The first-order chi connectivity index (χ1) is 9.12. The van der Waals surface area contributed by atoms with Gasteiger partial charge in [0, 0.05) is 17.0 Å². The minimum atomic E-state index is -3.67. The molecule has 1 amide bonds. The number of amides is 1. The van der Waals surface area contributed by atoms with E-state index < -0.39 is 34.0 Å². The van der Waals surface area contributed by atoms with Gasteiger partial charge in [-0.15, -0.1) is 0 Å². The Bertz CT molecular complexity index is 592. The Morgan fingerprint density at radius 2 is 2.00 bits per heavy atom. The van der Waals surface area contributed by atoms with Gasteiger partial charge in [-0.25, -0.2) is 17.2 Å². The highest BCUT2D eigenvalue weighted by Crippen LogP contribution is 2.22. The minimum absolute atomic E-state index is 0.137. The lowest BCUT2D eigenvalue weighted by molar-refractivity contribution is -0.118. The second kappa shape index (κ2) is 6.49. The summed E-state index contributed by atoms with van der Waals surface area (Å²) in [5.41, 5.74) is 0.137. The molecular weight excluding hydrogens is 312 g/mol. The fourth-order valence-corrected chi connectivity index (χ4v) is 2.19. The Labute approximate surface area is 121 Å². The lowest BCUT2D eigenvalue weighted by atomic mass is 10.2. The van der Waals surface area contributed by atoms with Crippen LogP contribution in [0.25, 0.3) is 0 Å². The second-order valence-electron chi connectivity index (χ2n) is 4.29. The van der Waals surface area contributed by atoms with Gasteiger partial charge in [-0.2, -0.15) is 0 Å². The van der Waals surface area contributed by atoms with Crippen molar-refractivity contribution in [2.45, 2.75) is 18.6 Å². The SMILES string of the molecule is CC(C(=O)N(CC(F)F)c1cccc(Cl)c1)S(C)(=O)=O. The monoisotopic (exact) mass is 325 g/mol. The van der Waals surface area contributed by atoms with Crippen molar-refractivity contribution in [3.05, 3.63) is 29.3 Å². The highest BCUT2D eigenvalue weighted by atomic mass is 35.5. The van der Waals surface area contributed by atoms with Crippen molar-refractivity contribution in [2.75, 3.05) is 17.7 Å². The Morgan fingerprint density at radius 1 is 1.40 bits per heavy atom. The van der Waals surface area contributed by atoms with Crippen molar-refractivity contribution in [3.8, 4) is 0 Å². The van der Waals surface area contributed by atoms with Crippen LogP contribution in [0.3, 0.4) is 0 Å². The number of carbonyl (C=O) groups is 1. The maximum atomic E-state index is 12.6. The van der Waals surface area contributed by atoms with Crippen LogP contribution >= 0.6 is 11.6 Å². The second-order valence-corrected chi connectivity index (χ2v) is 7.09. The molecule has 0 aliphatic carbocycles. The highest BCUT2D eigenvalue weighted by Gasteiger charge is 2.30. The van der Waals surface area contributed by atoms with Crippen molar-refractivity contribution in [3.63, 3.8) is 0 Å². The molecule has 0 saturated carbocycles. The molecule has 1 aromatic carbocycles. The van der Waals surface area contributed by atoms with Crippen LogP contribution in [0.2, 0.25) is 5.02 Å². The van der Waals surface area contributed by atoms with Crippen LogP contribution in [0.1, 0.15) is 6.92 Å². The van der Waals surface area contributed by atoms with Crippen molar-refractivity contribution in [2.24, 2.45) is 0 Å². The molecule has 8 heteroatoms. The molecule has 0 fully saturated rings. The summed E-state index contributed by atoms with van der Waals surface area (Å²) >= 11 is 5.76. The van der Waals surface area contributed by atoms with Gasteiger partial charge in [0.1, 0.15) is 5.25 Å². The van der Waals surface area contributed by atoms with E-state index in [0.717, 1.165) is 11.2 Å². The van der Waals surface area contributed by atoms with Gasteiger partial charge in [-0.3, -0.25) is 4.79 Å². The first kappa shape index (κ1) is 16.8. The number of alkyl halides is 2. The van der Waals surface area contributed by atoms with E-state index in [-0.39, 0.29) is 10.7 Å². The first-order valence-electron chi connectivity index (χ1n) is 5.67. The largest absolute Gasteiger partial charge is 0.306 e. The average Bonchev–Trinajstić information content (AvgIpc) is 2.32. The zero-order chi connectivity index (χ0) is 15.5. The van der Waals surface area contributed by atoms with Gasteiger partial charge in [0.25, 0.3) is 6.43 Å². The van der Waals surface area contributed by atoms with Gasteiger partial charge in [0.05, 0.1) is 6.54 Å². The van der Waals surface area contributed by atoms with Crippen molar-refractivity contribution < 1.29 is 22.0 Å². The summed E-state index contributed by atoms with van der Waals surface area (Å²) < 4.78 is 48.0. The topological polar surface area (TPSA) is 54.5 Å². The Kier molecular flexibility index (Phi) is 5.47. The number of rotatable bonds is 5. The number of nitrogens with zero attached hydrogens (tertiary/aromatic N) is 1. The molecule has 0 aromatic heterocycles. The standard InChI is InChI=1S/C12H14ClF2NO3S/c1-8(20(2,18)19)12(17)16(7-11(14)15)10-5-3-4-9(13)6-10/h3-6,8,11H,7H2,1-2H3. The molecule has 4 nitrogen and oxygen atoms in total. The summed E-state index contributed by atoms with van der Waals surface area (Å²) in [5.74, 6) is -0.907. The molecule has 0 bridgehead atoms. The molecule has 0 aliphatic heterocycles. The quantitative estimate of drug-likeness (QED) is 0.835. The molecule has 112 valence electrons. The number of sulfone groups is 1. The molecule has 1 atom stereocenters. The molecular formula is C12H14ClF2NO3S. The third kappa shape index (κ3) is 4.42. The van der Waals surface area contributed by atoms with Gasteiger partial charge < -0.3 is 4.90 Å². The average molecular weight is 326 g/mol. The van der Waals surface area contributed by atoms with Crippen molar-refractivity contribution in [1.29, 1.82) is 0 Å². The number of halogens is 3.